The summed E-state index contributed by atoms with van der Waals surface area (Å²) >= 11 is 0. The number of rotatable bonds is 4. The second kappa shape index (κ2) is 13.9. The highest BCUT2D eigenvalue weighted by Crippen LogP contribution is 2.65. The van der Waals surface area contributed by atoms with Gasteiger partial charge in [-0.3, -0.25) is 0 Å². The molecule has 0 aliphatic heterocycles. The molecule has 2 aliphatic rings. The van der Waals surface area contributed by atoms with E-state index in [4.69, 9.17) is 0 Å². The molecule has 0 aromatic heterocycles. The lowest BCUT2D eigenvalue weighted by molar-refractivity contribution is 0.586. The van der Waals surface area contributed by atoms with Gasteiger partial charge in [-0.25, -0.2) is 0 Å². The first-order chi connectivity index (χ1) is 31.0. The van der Waals surface area contributed by atoms with E-state index in [2.05, 4.69) is 247 Å². The highest BCUT2D eigenvalue weighted by molar-refractivity contribution is 6.26. The van der Waals surface area contributed by atoms with Gasteiger partial charge in [-0.1, -0.05) is 217 Å². The molecule has 12 rings (SSSR count). The van der Waals surface area contributed by atoms with Crippen LogP contribution in [-0.4, -0.2) is 0 Å². The Labute approximate surface area is 377 Å². The van der Waals surface area contributed by atoms with Gasteiger partial charge >= 0.3 is 0 Å². The van der Waals surface area contributed by atoms with Gasteiger partial charge in [0.25, 0.3) is 0 Å². The fourth-order valence-electron chi connectivity index (χ4n) is 11.3. The minimum absolute atomic E-state index is 0.0199. The van der Waals surface area contributed by atoms with E-state index in [1.165, 1.54) is 105 Å². The molecule has 64 heavy (non-hydrogen) atoms. The van der Waals surface area contributed by atoms with Crippen molar-refractivity contribution in [3.63, 3.8) is 0 Å². The van der Waals surface area contributed by atoms with E-state index in [9.17, 15) is 0 Å². The van der Waals surface area contributed by atoms with Gasteiger partial charge in [0, 0.05) is 16.8 Å². The molecule has 0 heterocycles. The summed E-state index contributed by atoms with van der Waals surface area (Å²) in [6.07, 6.45) is 0. The van der Waals surface area contributed by atoms with Gasteiger partial charge < -0.3 is 4.90 Å². The molecule has 0 atom stereocenters. The summed E-state index contributed by atoms with van der Waals surface area (Å²) in [7, 11) is 0. The summed E-state index contributed by atoms with van der Waals surface area (Å²) in [5.74, 6) is 0. The zero-order valence-corrected chi connectivity index (χ0v) is 37.5. The molecule has 0 bridgehead atoms. The van der Waals surface area contributed by atoms with Crippen molar-refractivity contribution in [1.82, 2.24) is 0 Å². The molecular formula is C63H51N. The summed E-state index contributed by atoms with van der Waals surface area (Å²) in [6.45, 7) is 14.0. The molecule has 0 saturated carbocycles. The van der Waals surface area contributed by atoms with Crippen LogP contribution in [0.4, 0.5) is 17.1 Å². The van der Waals surface area contributed by atoms with Crippen molar-refractivity contribution in [2.75, 3.05) is 4.90 Å². The van der Waals surface area contributed by atoms with Crippen LogP contribution in [0.15, 0.2) is 200 Å². The lowest BCUT2D eigenvalue weighted by atomic mass is 9.69. The molecule has 2 aliphatic carbocycles. The summed E-state index contributed by atoms with van der Waals surface area (Å²) in [5.41, 5.74) is 18.6. The molecule has 1 spiro atoms. The third kappa shape index (κ3) is 5.50. The monoisotopic (exact) mass is 821 g/mol. The summed E-state index contributed by atoms with van der Waals surface area (Å²) < 4.78 is 0. The quantitative estimate of drug-likeness (QED) is 0.160. The number of hydrogen-bond acceptors (Lipinski definition) is 1. The standard InChI is InChI=1S/C63H51N/c1-61(2,3)41-31-34-50-51-35-32-42(62(4,5)6)38-57(51)63(56(50)37-41)54-27-16-14-26-52(54)60-55(63)28-18-30-59(60)64(58-29-17-15-21-44(58)40-19-8-7-9-20-40)43-33-36-49-47-24-11-10-22-45(47)46-23-12-13-25-48(46)53(49)39-43/h7-39H,1-6H3. The first-order valence-electron chi connectivity index (χ1n) is 22.8. The highest BCUT2D eigenvalue weighted by Gasteiger charge is 2.53. The number of nitrogens with zero attached hydrogens (tertiary/aromatic N) is 1. The minimum Gasteiger partial charge on any atom is -0.309 e. The Balaban J connectivity index is 1.21. The van der Waals surface area contributed by atoms with E-state index >= 15 is 0 Å². The normalized spacial score (nSPS) is 13.6. The maximum absolute atomic E-state index is 2.56. The molecule has 0 saturated heterocycles. The Kier molecular flexibility index (Phi) is 8.35. The van der Waals surface area contributed by atoms with Crippen LogP contribution in [0.5, 0.6) is 0 Å². The lowest BCUT2D eigenvalue weighted by Gasteiger charge is -2.34. The lowest BCUT2D eigenvalue weighted by Crippen LogP contribution is -2.27. The molecule has 10 aromatic rings. The molecular weight excluding hydrogens is 771 g/mol. The van der Waals surface area contributed by atoms with Gasteiger partial charge in [0.05, 0.1) is 16.8 Å². The van der Waals surface area contributed by atoms with Crippen molar-refractivity contribution in [2.45, 2.75) is 57.8 Å². The number of para-hydroxylation sites is 1. The predicted octanol–water partition coefficient (Wildman–Crippen LogP) is 17.2. The summed E-state index contributed by atoms with van der Waals surface area (Å²) in [4.78, 5) is 2.56. The molecule has 0 N–H and O–H groups in total. The van der Waals surface area contributed by atoms with Crippen LogP contribution in [0.1, 0.15) is 74.9 Å². The van der Waals surface area contributed by atoms with Crippen molar-refractivity contribution < 1.29 is 0 Å². The van der Waals surface area contributed by atoms with E-state index in [1.807, 2.05) is 0 Å². The third-order valence-electron chi connectivity index (χ3n) is 14.4. The van der Waals surface area contributed by atoms with E-state index in [-0.39, 0.29) is 10.8 Å². The Morgan fingerprint density at radius 2 is 0.812 bits per heavy atom. The zero-order valence-electron chi connectivity index (χ0n) is 37.5. The van der Waals surface area contributed by atoms with Crippen LogP contribution in [0, 0.1) is 0 Å². The van der Waals surface area contributed by atoms with Crippen LogP contribution < -0.4 is 4.90 Å². The fraction of sp³-hybridized carbons (Fsp3) is 0.143. The summed E-state index contributed by atoms with van der Waals surface area (Å²) in [5, 5.41) is 7.62. The van der Waals surface area contributed by atoms with Crippen molar-refractivity contribution in [3.05, 3.63) is 234 Å². The first kappa shape index (κ1) is 38.5. The molecule has 0 fully saturated rings. The van der Waals surface area contributed by atoms with Gasteiger partial charge in [-0.2, -0.15) is 0 Å². The fourth-order valence-corrected chi connectivity index (χ4v) is 11.3. The SMILES string of the molecule is CC(C)(C)c1ccc2c(c1)C1(c3cc(C(C)(C)C)ccc3-2)c2ccccc2-c2c(N(c3ccc4c5ccccc5c5ccccc5c4c3)c3ccccc3-c3ccccc3)cccc21. The molecule has 308 valence electrons. The number of fused-ring (bicyclic) bond motifs is 16. The van der Waals surface area contributed by atoms with Gasteiger partial charge in [-0.15, -0.1) is 0 Å². The van der Waals surface area contributed by atoms with E-state index < -0.39 is 5.41 Å². The van der Waals surface area contributed by atoms with Crippen LogP contribution >= 0.6 is 0 Å². The number of anilines is 3. The van der Waals surface area contributed by atoms with Gasteiger partial charge in [0.1, 0.15) is 0 Å². The molecule has 10 aromatic carbocycles. The Morgan fingerprint density at radius 3 is 1.42 bits per heavy atom. The Morgan fingerprint density at radius 1 is 0.328 bits per heavy atom. The average molecular weight is 822 g/mol. The minimum atomic E-state index is -0.516. The van der Waals surface area contributed by atoms with Crippen LogP contribution in [0.2, 0.25) is 0 Å². The first-order valence-corrected chi connectivity index (χ1v) is 22.8. The molecule has 0 unspecified atom stereocenters. The average Bonchev–Trinajstić information content (AvgIpc) is 3.79. The van der Waals surface area contributed by atoms with Crippen LogP contribution in [0.3, 0.4) is 0 Å². The summed E-state index contributed by atoms with van der Waals surface area (Å²) in [6, 6.07) is 75.9. The maximum atomic E-state index is 2.56. The third-order valence-corrected chi connectivity index (χ3v) is 14.4. The van der Waals surface area contributed by atoms with Gasteiger partial charge in [0.15, 0.2) is 0 Å². The van der Waals surface area contributed by atoms with E-state index in [1.54, 1.807) is 0 Å². The van der Waals surface area contributed by atoms with E-state index in [0.717, 1.165) is 11.4 Å². The molecule has 0 radical (unpaired) electrons. The second-order valence-corrected chi connectivity index (χ2v) is 20.1. The van der Waals surface area contributed by atoms with Crippen molar-refractivity contribution in [1.29, 1.82) is 0 Å². The number of hydrogen-bond donors (Lipinski definition) is 0. The van der Waals surface area contributed by atoms with Crippen molar-refractivity contribution >= 4 is 49.4 Å². The largest absolute Gasteiger partial charge is 0.309 e. The second-order valence-electron chi connectivity index (χ2n) is 20.1. The molecule has 0 amide bonds. The van der Waals surface area contributed by atoms with Crippen LogP contribution in [-0.2, 0) is 16.2 Å². The predicted molar refractivity (Wildman–Crippen MR) is 273 cm³/mol. The van der Waals surface area contributed by atoms with E-state index in [0.29, 0.717) is 0 Å². The Hall–Kier alpha value is -7.22. The maximum Gasteiger partial charge on any atom is 0.0726 e. The Bertz CT molecular complexity index is 3420. The van der Waals surface area contributed by atoms with Gasteiger partial charge in [-0.05, 0) is 123 Å². The topological polar surface area (TPSA) is 3.24 Å². The number of benzene rings is 10. The molecule has 1 heteroatoms. The van der Waals surface area contributed by atoms with Crippen molar-refractivity contribution in [2.24, 2.45) is 0 Å². The molecule has 1 nitrogen and oxygen atoms in total. The zero-order chi connectivity index (χ0) is 43.5. The van der Waals surface area contributed by atoms with Gasteiger partial charge in [0.2, 0.25) is 0 Å². The smallest absolute Gasteiger partial charge is 0.0726 e. The van der Waals surface area contributed by atoms with Crippen molar-refractivity contribution in [3.8, 4) is 33.4 Å². The highest BCUT2D eigenvalue weighted by atomic mass is 15.1. The van der Waals surface area contributed by atoms with Crippen LogP contribution in [0.25, 0.3) is 65.7 Å².